The van der Waals surface area contributed by atoms with E-state index in [0.29, 0.717) is 18.1 Å². The fourth-order valence-corrected chi connectivity index (χ4v) is 3.93. The zero-order chi connectivity index (χ0) is 12.3. The number of hydrogen-bond donors (Lipinski definition) is 1. The smallest absolute Gasteiger partial charge is 0.0616 e. The van der Waals surface area contributed by atoms with E-state index in [2.05, 4.69) is 13.8 Å². The molecule has 5 atom stereocenters. The molecule has 2 N–H and O–H groups in total. The highest BCUT2D eigenvalue weighted by atomic mass is 16.5. The molecular formula is C15H29NO. The summed E-state index contributed by atoms with van der Waals surface area (Å²) in [7, 11) is 0. The van der Waals surface area contributed by atoms with Crippen molar-refractivity contribution in [1.29, 1.82) is 0 Å². The van der Waals surface area contributed by atoms with Gasteiger partial charge in [0, 0.05) is 18.6 Å². The van der Waals surface area contributed by atoms with Gasteiger partial charge >= 0.3 is 0 Å². The van der Waals surface area contributed by atoms with Crippen LogP contribution in [0.3, 0.4) is 0 Å². The first-order valence-electron chi connectivity index (χ1n) is 7.63. The quantitative estimate of drug-likeness (QED) is 0.816. The summed E-state index contributed by atoms with van der Waals surface area (Å²) in [4.78, 5) is 0. The molecule has 17 heavy (non-hydrogen) atoms. The summed E-state index contributed by atoms with van der Waals surface area (Å²) < 4.78 is 5.80. The van der Waals surface area contributed by atoms with Gasteiger partial charge in [-0.2, -0.15) is 0 Å². The predicted molar refractivity (Wildman–Crippen MR) is 71.9 cm³/mol. The summed E-state index contributed by atoms with van der Waals surface area (Å²) in [5.74, 6) is 2.32. The third-order valence-electron chi connectivity index (χ3n) is 5.10. The van der Waals surface area contributed by atoms with E-state index in [9.17, 15) is 0 Å². The highest BCUT2D eigenvalue weighted by molar-refractivity contribution is 4.90. The Labute approximate surface area is 106 Å². The van der Waals surface area contributed by atoms with E-state index in [4.69, 9.17) is 10.5 Å². The van der Waals surface area contributed by atoms with E-state index in [1.54, 1.807) is 0 Å². The van der Waals surface area contributed by atoms with Gasteiger partial charge in [-0.05, 0) is 37.5 Å². The van der Waals surface area contributed by atoms with Crippen LogP contribution in [0.5, 0.6) is 0 Å². The summed E-state index contributed by atoms with van der Waals surface area (Å²) >= 11 is 0. The van der Waals surface area contributed by atoms with Gasteiger partial charge in [-0.1, -0.05) is 33.1 Å². The van der Waals surface area contributed by atoms with Crippen LogP contribution in [0.15, 0.2) is 0 Å². The lowest BCUT2D eigenvalue weighted by Gasteiger charge is -2.36. The van der Waals surface area contributed by atoms with E-state index >= 15 is 0 Å². The van der Waals surface area contributed by atoms with Crippen molar-refractivity contribution in [2.24, 2.45) is 23.5 Å². The molecule has 1 saturated heterocycles. The van der Waals surface area contributed by atoms with Gasteiger partial charge in [0.1, 0.15) is 0 Å². The Bertz CT molecular complexity index is 231. The summed E-state index contributed by atoms with van der Waals surface area (Å²) in [6, 6.07) is 0.386. The summed E-state index contributed by atoms with van der Waals surface area (Å²) in [6.07, 6.45) is 9.62. The van der Waals surface area contributed by atoms with Crippen molar-refractivity contribution < 1.29 is 4.74 Å². The first-order chi connectivity index (χ1) is 8.26. The van der Waals surface area contributed by atoms with Gasteiger partial charge in [0.2, 0.25) is 0 Å². The lowest BCUT2D eigenvalue weighted by Crippen LogP contribution is -2.43. The Hall–Kier alpha value is -0.0800. The van der Waals surface area contributed by atoms with Crippen molar-refractivity contribution in [3.8, 4) is 0 Å². The van der Waals surface area contributed by atoms with E-state index in [0.717, 1.165) is 24.9 Å². The van der Waals surface area contributed by atoms with Crippen molar-refractivity contribution in [3.63, 3.8) is 0 Å². The highest BCUT2D eigenvalue weighted by Gasteiger charge is 2.37. The minimum atomic E-state index is 0.386. The van der Waals surface area contributed by atoms with Gasteiger partial charge in [-0.25, -0.2) is 0 Å². The van der Waals surface area contributed by atoms with E-state index in [1.807, 2.05) is 0 Å². The molecule has 2 heteroatoms. The van der Waals surface area contributed by atoms with Gasteiger partial charge in [0.05, 0.1) is 6.10 Å². The maximum Gasteiger partial charge on any atom is 0.0616 e. The molecule has 0 spiro atoms. The second kappa shape index (κ2) is 6.19. The Balaban J connectivity index is 1.91. The van der Waals surface area contributed by atoms with Crippen LogP contribution >= 0.6 is 0 Å². The molecule has 100 valence electrons. The molecule has 2 nitrogen and oxygen atoms in total. The average Bonchev–Trinajstić information content (AvgIpc) is 2.86. The molecule has 1 heterocycles. The molecule has 5 unspecified atom stereocenters. The van der Waals surface area contributed by atoms with Crippen LogP contribution in [-0.4, -0.2) is 18.8 Å². The topological polar surface area (TPSA) is 35.2 Å². The highest BCUT2D eigenvalue weighted by Crippen LogP contribution is 2.37. The van der Waals surface area contributed by atoms with Crippen molar-refractivity contribution in [1.82, 2.24) is 0 Å². The molecule has 1 saturated carbocycles. The molecule has 2 rings (SSSR count). The van der Waals surface area contributed by atoms with Crippen LogP contribution < -0.4 is 5.73 Å². The van der Waals surface area contributed by atoms with Crippen LogP contribution in [0.4, 0.5) is 0 Å². The Morgan fingerprint density at radius 1 is 1.18 bits per heavy atom. The maximum atomic E-state index is 6.56. The molecule has 1 aliphatic heterocycles. The molecule has 1 aliphatic carbocycles. The van der Waals surface area contributed by atoms with E-state index in [1.165, 1.54) is 38.5 Å². The lowest BCUT2D eigenvalue weighted by atomic mass is 9.72. The largest absolute Gasteiger partial charge is 0.378 e. The molecule has 0 radical (unpaired) electrons. The normalized spacial score (nSPS) is 40.4. The zero-order valence-electron chi connectivity index (χ0n) is 11.5. The van der Waals surface area contributed by atoms with Crippen molar-refractivity contribution in [2.45, 2.75) is 70.9 Å². The third kappa shape index (κ3) is 3.03. The molecule has 0 aromatic carbocycles. The summed E-state index contributed by atoms with van der Waals surface area (Å²) in [5.41, 5.74) is 6.56. The van der Waals surface area contributed by atoms with Crippen molar-refractivity contribution in [3.05, 3.63) is 0 Å². The second-order valence-electron chi connectivity index (χ2n) is 6.05. The molecule has 0 aromatic rings. The van der Waals surface area contributed by atoms with Crippen LogP contribution in [0.25, 0.3) is 0 Å². The van der Waals surface area contributed by atoms with Crippen LogP contribution in [0.2, 0.25) is 0 Å². The number of hydrogen-bond acceptors (Lipinski definition) is 2. The monoisotopic (exact) mass is 239 g/mol. The fraction of sp³-hybridized carbons (Fsp3) is 1.00. The van der Waals surface area contributed by atoms with Crippen molar-refractivity contribution >= 4 is 0 Å². The predicted octanol–water partition coefficient (Wildman–Crippen LogP) is 3.35. The maximum absolute atomic E-state index is 6.56. The second-order valence-corrected chi connectivity index (χ2v) is 6.05. The number of ether oxygens (including phenoxy) is 1. The van der Waals surface area contributed by atoms with E-state index in [-0.39, 0.29) is 0 Å². The zero-order valence-corrected chi connectivity index (χ0v) is 11.5. The van der Waals surface area contributed by atoms with Gasteiger partial charge < -0.3 is 10.5 Å². The van der Waals surface area contributed by atoms with Crippen LogP contribution in [0.1, 0.15) is 58.8 Å². The minimum Gasteiger partial charge on any atom is -0.378 e. The number of rotatable bonds is 4. The molecule has 0 aromatic heterocycles. The molecule has 2 aliphatic rings. The molecule has 2 fully saturated rings. The third-order valence-corrected chi connectivity index (χ3v) is 5.10. The SMILES string of the molecule is CCC1CCCC(C(N)C2CCOC2CC)C1. The first kappa shape index (κ1) is 13.4. The molecule has 0 amide bonds. The van der Waals surface area contributed by atoms with Crippen molar-refractivity contribution in [2.75, 3.05) is 6.61 Å². The van der Waals surface area contributed by atoms with Crippen LogP contribution in [0, 0.1) is 17.8 Å². The lowest BCUT2D eigenvalue weighted by molar-refractivity contribution is 0.0688. The van der Waals surface area contributed by atoms with Gasteiger partial charge in [0.15, 0.2) is 0 Å². The number of nitrogens with two attached hydrogens (primary N) is 1. The average molecular weight is 239 g/mol. The van der Waals surface area contributed by atoms with Gasteiger partial charge in [-0.3, -0.25) is 0 Å². The van der Waals surface area contributed by atoms with Gasteiger partial charge in [-0.15, -0.1) is 0 Å². The Morgan fingerprint density at radius 3 is 2.71 bits per heavy atom. The van der Waals surface area contributed by atoms with Gasteiger partial charge in [0.25, 0.3) is 0 Å². The first-order valence-corrected chi connectivity index (χ1v) is 7.63. The van der Waals surface area contributed by atoms with E-state index < -0.39 is 0 Å². The summed E-state index contributed by atoms with van der Waals surface area (Å²) in [5, 5.41) is 0. The fourth-order valence-electron chi connectivity index (χ4n) is 3.93. The Kier molecular flexibility index (Phi) is 4.87. The molecular weight excluding hydrogens is 210 g/mol. The van der Waals surface area contributed by atoms with Crippen LogP contribution in [-0.2, 0) is 4.74 Å². The molecule has 0 bridgehead atoms. The minimum absolute atomic E-state index is 0.386. The standard InChI is InChI=1S/C15H29NO/c1-3-11-6-5-7-12(10-11)15(16)13-8-9-17-14(13)4-2/h11-15H,3-10,16H2,1-2H3. The summed E-state index contributed by atoms with van der Waals surface area (Å²) in [6.45, 7) is 5.48. The Morgan fingerprint density at radius 2 is 2.00 bits per heavy atom.